The second-order valence-electron chi connectivity index (χ2n) is 19.9. The Balaban J connectivity index is 3.46. The Labute approximate surface area is 429 Å². The zero-order valence-electron chi connectivity index (χ0n) is 44.2. The second kappa shape index (κ2) is 33.0. The topological polar surface area (TPSA) is 416 Å². The highest BCUT2D eigenvalue weighted by atomic mass is 16.2. The summed E-state index contributed by atoms with van der Waals surface area (Å²) in [5.74, 6) is -7.70. The van der Waals surface area contributed by atoms with Gasteiger partial charge in [0.2, 0.25) is 53.2 Å². The van der Waals surface area contributed by atoms with Crippen LogP contribution in [-0.4, -0.2) is 120 Å². The number of rotatable bonds is 34. The van der Waals surface area contributed by atoms with Crippen molar-refractivity contribution in [1.82, 2.24) is 42.5 Å². The number of amides is 9. The lowest BCUT2D eigenvalue weighted by Crippen LogP contribution is -2.61. The number of carbonyl (C=O) groups excluding carboxylic acids is 9. The first-order valence-corrected chi connectivity index (χ1v) is 25.0. The van der Waals surface area contributed by atoms with Gasteiger partial charge in [0.25, 0.3) is 0 Å². The number of nitrogen functional groups attached to an aromatic ring is 1. The average Bonchev–Trinajstić information content (AvgIpc) is 3.28. The van der Waals surface area contributed by atoms with Crippen LogP contribution in [0.5, 0.6) is 0 Å². The Morgan fingerprint density at radius 3 is 1.40 bits per heavy atom. The first-order valence-electron chi connectivity index (χ1n) is 25.0. The molecular weight excluding hydrogens is 943 g/mol. The highest BCUT2D eigenvalue weighted by molar-refractivity contribution is 5.99. The third-order valence-electron chi connectivity index (χ3n) is 11.3. The summed E-state index contributed by atoms with van der Waals surface area (Å²) in [4.78, 5) is 126. The predicted molar refractivity (Wildman–Crippen MR) is 278 cm³/mol. The molecule has 0 radical (unpaired) electrons. The second-order valence-corrected chi connectivity index (χ2v) is 19.9. The normalized spacial score (nSPS) is 14.1. The minimum atomic E-state index is -1.66. The van der Waals surface area contributed by atoms with E-state index in [9.17, 15) is 43.2 Å². The highest BCUT2D eigenvalue weighted by Gasteiger charge is 2.35. The number of nitrogens with zero attached hydrogens (tertiary/aromatic N) is 1. The van der Waals surface area contributed by atoms with Gasteiger partial charge in [-0.15, -0.1) is 0 Å². The SMILES string of the molecule is CC(=O)N[C@@H](CC(C)C)C(=O)N[C@@H](CC(C)C)C(=O)N[C@@H](CC(C)C)C(=O)N[C@@H](CC(N)=O)C(=O)N[C@@H](CCCN=C(N)N)C(=O)N[C@H](C(=O)N[C@@H](CCCCN)C(=O)NCc1ccc(C(=N)N)cc1)C(C)C. The third kappa shape index (κ3) is 25.9. The summed E-state index contributed by atoms with van der Waals surface area (Å²) in [5.41, 5.74) is 29.1. The molecule has 0 bridgehead atoms. The largest absolute Gasteiger partial charge is 0.384 e. The molecule has 0 aromatic heterocycles. The van der Waals surface area contributed by atoms with Crippen molar-refractivity contribution in [3.63, 3.8) is 0 Å². The fraction of sp³-hybridized carbons (Fsp3) is 0.653. The van der Waals surface area contributed by atoms with Crippen molar-refractivity contribution in [2.45, 2.75) is 169 Å². The molecule has 24 heteroatoms. The molecule has 1 rings (SSSR count). The van der Waals surface area contributed by atoms with E-state index in [4.69, 9.17) is 34.1 Å². The Morgan fingerprint density at radius 2 is 0.959 bits per heavy atom. The number of nitrogens with two attached hydrogens (primary N) is 5. The first kappa shape index (κ1) is 64.2. The minimum absolute atomic E-state index is 0.0244. The number of primary amides is 1. The van der Waals surface area contributed by atoms with Gasteiger partial charge in [0.15, 0.2) is 5.96 Å². The van der Waals surface area contributed by atoms with Gasteiger partial charge in [-0.3, -0.25) is 53.6 Å². The summed E-state index contributed by atoms with van der Waals surface area (Å²) in [6.07, 6.45) is 1.16. The molecule has 0 heterocycles. The monoisotopic (exact) mass is 1030 g/mol. The molecule has 24 nitrogen and oxygen atoms in total. The van der Waals surface area contributed by atoms with E-state index in [1.54, 1.807) is 52.0 Å². The van der Waals surface area contributed by atoms with Gasteiger partial charge in [-0.25, -0.2) is 0 Å². The predicted octanol–water partition coefficient (Wildman–Crippen LogP) is -1.15. The molecule has 0 saturated carbocycles. The van der Waals surface area contributed by atoms with E-state index in [0.29, 0.717) is 31.4 Å². The van der Waals surface area contributed by atoms with Gasteiger partial charge in [-0.2, -0.15) is 0 Å². The van der Waals surface area contributed by atoms with Gasteiger partial charge in [0.1, 0.15) is 48.1 Å². The highest BCUT2D eigenvalue weighted by Crippen LogP contribution is 2.14. The molecule has 0 aliphatic carbocycles. The summed E-state index contributed by atoms with van der Waals surface area (Å²) >= 11 is 0. The van der Waals surface area contributed by atoms with Crippen molar-refractivity contribution >= 4 is 65.0 Å². The van der Waals surface area contributed by atoms with Crippen molar-refractivity contribution in [2.75, 3.05) is 13.1 Å². The van der Waals surface area contributed by atoms with Crippen molar-refractivity contribution in [2.24, 2.45) is 57.3 Å². The molecule has 19 N–H and O–H groups in total. The van der Waals surface area contributed by atoms with Gasteiger partial charge < -0.3 is 71.2 Å². The van der Waals surface area contributed by atoms with Gasteiger partial charge in [-0.05, 0) is 87.1 Å². The van der Waals surface area contributed by atoms with Crippen LogP contribution in [0.4, 0.5) is 0 Å². The molecule has 0 spiro atoms. The number of guanidine groups is 1. The van der Waals surface area contributed by atoms with Gasteiger partial charge >= 0.3 is 0 Å². The smallest absolute Gasteiger partial charge is 0.243 e. The maximum Gasteiger partial charge on any atom is 0.243 e. The van der Waals surface area contributed by atoms with Crippen molar-refractivity contribution < 1.29 is 43.2 Å². The lowest BCUT2D eigenvalue weighted by atomic mass is 9.98. The molecular formula is C49H85N15O9. The van der Waals surface area contributed by atoms with Crippen LogP contribution in [0.1, 0.15) is 131 Å². The molecule has 0 saturated heterocycles. The van der Waals surface area contributed by atoms with E-state index in [1.165, 1.54) is 6.92 Å². The number of amidine groups is 1. The Bertz CT molecular complexity index is 2040. The number of carbonyl (C=O) groups is 9. The van der Waals surface area contributed by atoms with Crippen LogP contribution in [0, 0.1) is 29.1 Å². The van der Waals surface area contributed by atoms with Crippen LogP contribution in [0.15, 0.2) is 29.3 Å². The molecule has 7 atom stereocenters. The number of hydrogen-bond donors (Lipinski definition) is 14. The molecule has 1 aromatic rings. The van der Waals surface area contributed by atoms with E-state index in [2.05, 4.69) is 47.5 Å². The van der Waals surface area contributed by atoms with E-state index in [0.717, 1.165) is 5.56 Å². The lowest BCUT2D eigenvalue weighted by molar-refractivity contribution is -0.137. The van der Waals surface area contributed by atoms with Crippen LogP contribution in [-0.2, 0) is 49.7 Å². The van der Waals surface area contributed by atoms with Crippen LogP contribution >= 0.6 is 0 Å². The average molecular weight is 1030 g/mol. The summed E-state index contributed by atoms with van der Waals surface area (Å²) in [7, 11) is 0. The number of benzene rings is 1. The van der Waals surface area contributed by atoms with Crippen LogP contribution in [0.2, 0.25) is 0 Å². The van der Waals surface area contributed by atoms with Gasteiger partial charge in [-0.1, -0.05) is 79.7 Å². The van der Waals surface area contributed by atoms with Gasteiger partial charge in [0, 0.05) is 25.6 Å². The summed E-state index contributed by atoms with van der Waals surface area (Å²) in [6.45, 7) is 16.2. The van der Waals surface area contributed by atoms with Crippen LogP contribution in [0.3, 0.4) is 0 Å². The molecule has 1 aromatic carbocycles. The lowest BCUT2D eigenvalue weighted by Gasteiger charge is -2.29. The number of nitrogens with one attached hydrogen (secondary N) is 9. The summed E-state index contributed by atoms with van der Waals surface area (Å²) in [6, 6.07) is -1.93. The standard InChI is InChI=1S/C49H85N15O9/c1-26(2)21-35(58-30(9)65)44(69)61-36(22-27(3)4)45(70)62-37(23-28(5)6)46(71)63-38(24-39(51)66)47(72)59-34(14-12-20-56-49(54)55)43(68)64-40(29(7)8)48(73)60-33(13-10-11-19-50)42(67)57-25-31-15-17-32(18-16-31)41(52)53/h15-18,26-29,33-38,40H,10-14,19-25,50H2,1-9H3,(H2,51,66)(H3,52,53)(H,57,67)(H,58,65)(H,59,72)(H,60,73)(H,61,69)(H,62,70)(H,63,71)(H,64,68)(H4,54,55,56)/t33-,34-,35-,36-,37-,38-,40-/m0/s1. The molecule has 410 valence electrons. The Morgan fingerprint density at radius 1 is 0.534 bits per heavy atom. The maximum absolute atomic E-state index is 14.2. The minimum Gasteiger partial charge on any atom is -0.384 e. The van der Waals surface area contributed by atoms with E-state index < -0.39 is 108 Å². The molecule has 0 aliphatic heterocycles. The molecule has 0 unspecified atom stereocenters. The van der Waals surface area contributed by atoms with Crippen molar-refractivity contribution in [3.8, 4) is 0 Å². The molecule has 9 amide bonds. The fourth-order valence-electron chi connectivity index (χ4n) is 7.55. The summed E-state index contributed by atoms with van der Waals surface area (Å²) in [5, 5.41) is 29.0. The number of aliphatic imine (C=N–C) groups is 1. The fourth-order valence-corrected chi connectivity index (χ4v) is 7.55. The van der Waals surface area contributed by atoms with E-state index >= 15 is 0 Å². The number of unbranched alkanes of at least 4 members (excludes halogenated alkanes) is 1. The third-order valence-corrected chi connectivity index (χ3v) is 11.3. The van der Waals surface area contributed by atoms with E-state index in [-0.39, 0.29) is 74.7 Å². The first-order chi connectivity index (χ1) is 34.1. The molecule has 0 aliphatic rings. The Kier molecular flexibility index (Phi) is 29.0. The van der Waals surface area contributed by atoms with Crippen molar-refractivity contribution in [1.29, 1.82) is 5.41 Å². The number of hydrogen-bond acceptors (Lipinski definition) is 12. The maximum atomic E-state index is 14.2. The zero-order chi connectivity index (χ0) is 55.5. The van der Waals surface area contributed by atoms with Crippen LogP contribution < -0.4 is 71.2 Å². The zero-order valence-corrected chi connectivity index (χ0v) is 44.2. The van der Waals surface area contributed by atoms with Crippen molar-refractivity contribution in [3.05, 3.63) is 35.4 Å². The van der Waals surface area contributed by atoms with Gasteiger partial charge in [0.05, 0.1) is 6.42 Å². The summed E-state index contributed by atoms with van der Waals surface area (Å²) < 4.78 is 0. The quantitative estimate of drug-likeness (QED) is 0.0221. The molecule has 73 heavy (non-hydrogen) atoms. The Hall–Kier alpha value is -6.85. The van der Waals surface area contributed by atoms with E-state index in [1.807, 2.05) is 27.7 Å². The van der Waals surface area contributed by atoms with Crippen LogP contribution in [0.25, 0.3) is 0 Å². The molecule has 0 fully saturated rings.